The zero-order valence-corrected chi connectivity index (χ0v) is 17.7. The third-order valence-electron chi connectivity index (χ3n) is 6.26. The van der Waals surface area contributed by atoms with Crippen molar-refractivity contribution in [2.24, 2.45) is 0 Å². The number of pyridine rings is 1. The summed E-state index contributed by atoms with van der Waals surface area (Å²) in [4.78, 5) is 26.8. The molecule has 0 unspecified atom stereocenters. The maximum Gasteiger partial charge on any atom is 0.451 e. The van der Waals surface area contributed by atoms with Crippen LogP contribution >= 0.6 is 0 Å². The van der Waals surface area contributed by atoms with Crippen molar-refractivity contribution in [2.45, 2.75) is 24.4 Å². The highest BCUT2D eigenvalue weighted by Gasteiger charge is 2.45. The quantitative estimate of drug-likeness (QED) is 0.633. The van der Waals surface area contributed by atoms with Gasteiger partial charge in [0.25, 0.3) is 5.91 Å². The predicted octanol–water partition coefficient (Wildman–Crippen LogP) is 3.34. The molecule has 1 N–H and O–H groups in total. The Hall–Kier alpha value is -3.27. The Bertz CT molecular complexity index is 1170. The summed E-state index contributed by atoms with van der Waals surface area (Å²) < 4.78 is 43.6. The smallest absolute Gasteiger partial charge is 0.378 e. The van der Waals surface area contributed by atoms with Gasteiger partial charge in [-0.25, -0.2) is 15.0 Å². The SMILES string of the molecule is O=C(NCC1(c2cnc(C(F)(F)F)nc2)CC1)c1cccc2nc(N3CCOCC3)ccc12. The molecular formula is C23H22F3N5O2. The van der Waals surface area contributed by atoms with Gasteiger partial charge >= 0.3 is 6.18 Å². The highest BCUT2D eigenvalue weighted by Crippen LogP contribution is 2.47. The Morgan fingerprint density at radius 1 is 1.09 bits per heavy atom. The molecule has 10 heteroatoms. The number of ether oxygens (including phenoxy) is 1. The Morgan fingerprint density at radius 3 is 2.48 bits per heavy atom. The number of hydrogen-bond donors (Lipinski definition) is 1. The topological polar surface area (TPSA) is 80.2 Å². The van der Waals surface area contributed by atoms with Crippen LogP contribution < -0.4 is 10.2 Å². The van der Waals surface area contributed by atoms with Crippen molar-refractivity contribution in [2.75, 3.05) is 37.7 Å². The predicted molar refractivity (Wildman–Crippen MR) is 115 cm³/mol. The van der Waals surface area contributed by atoms with Crippen LogP contribution in [0.25, 0.3) is 10.9 Å². The Balaban J connectivity index is 1.31. The Kier molecular flexibility index (Phi) is 5.40. The fourth-order valence-corrected chi connectivity index (χ4v) is 4.12. The number of anilines is 1. The van der Waals surface area contributed by atoms with E-state index in [1.54, 1.807) is 12.1 Å². The van der Waals surface area contributed by atoms with E-state index in [1.807, 2.05) is 18.2 Å². The fraction of sp³-hybridized carbons (Fsp3) is 0.391. The van der Waals surface area contributed by atoms with Crippen LogP contribution in [-0.2, 0) is 16.3 Å². The monoisotopic (exact) mass is 457 g/mol. The second-order valence-corrected chi connectivity index (χ2v) is 8.40. The van der Waals surface area contributed by atoms with Crippen LogP contribution in [0.1, 0.15) is 34.6 Å². The molecule has 2 aliphatic rings. The van der Waals surface area contributed by atoms with Crippen LogP contribution in [0.3, 0.4) is 0 Å². The zero-order chi connectivity index (χ0) is 23.1. The summed E-state index contributed by atoms with van der Waals surface area (Å²) in [7, 11) is 0. The number of amides is 1. The van der Waals surface area contributed by atoms with E-state index in [9.17, 15) is 18.0 Å². The highest BCUT2D eigenvalue weighted by molar-refractivity contribution is 6.06. The first-order chi connectivity index (χ1) is 15.9. The van der Waals surface area contributed by atoms with Gasteiger partial charge in [-0.1, -0.05) is 6.07 Å². The lowest BCUT2D eigenvalue weighted by atomic mass is 9.98. The fourth-order valence-electron chi connectivity index (χ4n) is 4.12. The molecule has 0 spiro atoms. The second kappa shape index (κ2) is 8.26. The standard InChI is InChI=1S/C23H22F3N5O2/c24-23(25,26)21-27-12-15(13-28-21)22(6-7-22)14-29-20(32)17-2-1-3-18-16(17)4-5-19(30-18)31-8-10-33-11-9-31/h1-5,12-13H,6-11,14H2,(H,29,32). The number of nitrogens with zero attached hydrogens (tertiary/aromatic N) is 4. The number of carbonyl (C=O) groups is 1. The number of halogens is 3. The van der Waals surface area contributed by atoms with E-state index in [0.717, 1.165) is 42.7 Å². The number of benzene rings is 1. The van der Waals surface area contributed by atoms with Crippen molar-refractivity contribution in [1.82, 2.24) is 20.3 Å². The number of rotatable bonds is 5. The largest absolute Gasteiger partial charge is 0.451 e. The Labute approximate surface area is 188 Å². The summed E-state index contributed by atoms with van der Waals surface area (Å²) in [5, 5.41) is 3.69. The van der Waals surface area contributed by atoms with Crippen molar-refractivity contribution in [3.63, 3.8) is 0 Å². The molecule has 172 valence electrons. The molecule has 1 amide bonds. The summed E-state index contributed by atoms with van der Waals surface area (Å²) in [6.07, 6.45) is -0.647. The molecule has 7 nitrogen and oxygen atoms in total. The van der Waals surface area contributed by atoms with Crippen LogP contribution in [0.15, 0.2) is 42.7 Å². The zero-order valence-electron chi connectivity index (χ0n) is 17.7. The molecule has 1 aliphatic heterocycles. The molecule has 1 aliphatic carbocycles. The van der Waals surface area contributed by atoms with Crippen molar-refractivity contribution in [3.05, 3.63) is 59.7 Å². The van der Waals surface area contributed by atoms with E-state index < -0.39 is 17.4 Å². The number of alkyl halides is 3. The summed E-state index contributed by atoms with van der Waals surface area (Å²) in [6.45, 7) is 3.17. The van der Waals surface area contributed by atoms with Gasteiger partial charge < -0.3 is 15.0 Å². The van der Waals surface area contributed by atoms with Gasteiger partial charge in [0, 0.05) is 48.4 Å². The molecule has 3 heterocycles. The molecule has 1 aromatic carbocycles. The minimum atomic E-state index is -4.58. The number of carbonyl (C=O) groups excluding carboxylic acids is 1. The summed E-state index contributed by atoms with van der Waals surface area (Å²) in [6, 6.07) is 9.22. The second-order valence-electron chi connectivity index (χ2n) is 8.40. The Morgan fingerprint density at radius 2 is 1.82 bits per heavy atom. The molecule has 1 saturated carbocycles. The normalized spacial score (nSPS) is 17.7. The third kappa shape index (κ3) is 4.35. The molecule has 1 saturated heterocycles. The van der Waals surface area contributed by atoms with Gasteiger partial charge in [0.15, 0.2) is 0 Å². The lowest BCUT2D eigenvalue weighted by molar-refractivity contribution is -0.145. The third-order valence-corrected chi connectivity index (χ3v) is 6.26. The molecule has 5 rings (SSSR count). The molecule has 3 aromatic rings. The van der Waals surface area contributed by atoms with E-state index in [2.05, 4.69) is 20.2 Å². The number of aromatic nitrogens is 3. The maximum absolute atomic E-state index is 13.0. The molecule has 33 heavy (non-hydrogen) atoms. The van der Waals surface area contributed by atoms with E-state index in [4.69, 9.17) is 9.72 Å². The molecule has 0 radical (unpaired) electrons. The summed E-state index contributed by atoms with van der Waals surface area (Å²) in [5.74, 6) is -0.561. The number of morpholine rings is 1. The van der Waals surface area contributed by atoms with Crippen LogP contribution in [0.4, 0.5) is 19.0 Å². The molecule has 0 atom stereocenters. The van der Waals surface area contributed by atoms with E-state index >= 15 is 0 Å². The van der Waals surface area contributed by atoms with Crippen molar-refractivity contribution < 1.29 is 22.7 Å². The summed E-state index contributed by atoms with van der Waals surface area (Å²) in [5.41, 5.74) is 1.41. The molecule has 2 fully saturated rings. The average molecular weight is 457 g/mol. The number of hydrogen-bond acceptors (Lipinski definition) is 6. The molecule has 0 bridgehead atoms. The van der Waals surface area contributed by atoms with Gasteiger partial charge in [0.1, 0.15) is 5.82 Å². The van der Waals surface area contributed by atoms with Crippen molar-refractivity contribution >= 4 is 22.6 Å². The van der Waals surface area contributed by atoms with Crippen LogP contribution in [0.5, 0.6) is 0 Å². The van der Waals surface area contributed by atoms with Gasteiger partial charge in [-0.05, 0) is 42.7 Å². The van der Waals surface area contributed by atoms with Crippen LogP contribution in [0, 0.1) is 0 Å². The van der Waals surface area contributed by atoms with Crippen LogP contribution in [-0.4, -0.2) is 53.7 Å². The number of fused-ring (bicyclic) bond motifs is 1. The summed E-state index contributed by atoms with van der Waals surface area (Å²) >= 11 is 0. The van der Waals surface area contributed by atoms with Crippen molar-refractivity contribution in [3.8, 4) is 0 Å². The first kappa shape index (κ1) is 21.6. The van der Waals surface area contributed by atoms with Crippen LogP contribution in [0.2, 0.25) is 0 Å². The van der Waals surface area contributed by atoms with Gasteiger partial charge in [0.05, 0.1) is 18.7 Å². The van der Waals surface area contributed by atoms with Crippen molar-refractivity contribution in [1.29, 1.82) is 0 Å². The average Bonchev–Trinajstić information content (AvgIpc) is 3.63. The molecule has 2 aromatic heterocycles. The van der Waals surface area contributed by atoms with E-state index in [1.165, 1.54) is 12.4 Å². The minimum Gasteiger partial charge on any atom is -0.378 e. The van der Waals surface area contributed by atoms with E-state index in [0.29, 0.717) is 30.9 Å². The van der Waals surface area contributed by atoms with E-state index in [-0.39, 0.29) is 5.91 Å². The van der Waals surface area contributed by atoms with Gasteiger partial charge in [-0.2, -0.15) is 13.2 Å². The lowest BCUT2D eigenvalue weighted by Crippen LogP contribution is -2.36. The number of nitrogens with one attached hydrogen (secondary N) is 1. The first-order valence-electron chi connectivity index (χ1n) is 10.8. The van der Waals surface area contributed by atoms with Gasteiger partial charge in [0.2, 0.25) is 5.82 Å². The van der Waals surface area contributed by atoms with Gasteiger partial charge in [-0.15, -0.1) is 0 Å². The highest BCUT2D eigenvalue weighted by atomic mass is 19.4. The maximum atomic E-state index is 13.0. The minimum absolute atomic E-state index is 0.249. The first-order valence-corrected chi connectivity index (χ1v) is 10.8. The molecular weight excluding hydrogens is 435 g/mol. The lowest BCUT2D eigenvalue weighted by Gasteiger charge is -2.28. The van der Waals surface area contributed by atoms with Gasteiger partial charge in [-0.3, -0.25) is 4.79 Å².